The summed E-state index contributed by atoms with van der Waals surface area (Å²) in [6.45, 7) is 1.30. The van der Waals surface area contributed by atoms with Gasteiger partial charge in [0.05, 0.1) is 0 Å². The number of hydrogen-bond acceptors (Lipinski definition) is 2. The molecule has 1 fully saturated rings. The topological polar surface area (TPSA) is 46.3 Å². The molecule has 0 bridgehead atoms. The molecular formula is C12H15FN2O. The molecule has 0 spiro atoms. The molecule has 1 atom stereocenters. The molecule has 1 amide bonds. The largest absolute Gasteiger partial charge is 0.341 e. The van der Waals surface area contributed by atoms with Gasteiger partial charge < -0.3 is 10.6 Å². The van der Waals surface area contributed by atoms with Crippen LogP contribution in [0.25, 0.3) is 0 Å². The molecule has 0 unspecified atom stereocenters. The lowest BCUT2D eigenvalue weighted by Gasteiger charge is -2.15. The monoisotopic (exact) mass is 222 g/mol. The van der Waals surface area contributed by atoms with Gasteiger partial charge in [-0.05, 0) is 24.1 Å². The molecule has 86 valence electrons. The molecule has 2 N–H and O–H groups in total. The average molecular weight is 222 g/mol. The van der Waals surface area contributed by atoms with Gasteiger partial charge in [-0.3, -0.25) is 4.79 Å². The van der Waals surface area contributed by atoms with Crippen molar-refractivity contribution in [3.63, 3.8) is 0 Å². The third-order valence-electron chi connectivity index (χ3n) is 2.83. The van der Waals surface area contributed by atoms with E-state index in [2.05, 4.69) is 0 Å². The van der Waals surface area contributed by atoms with Crippen molar-refractivity contribution in [3.8, 4) is 0 Å². The highest BCUT2D eigenvalue weighted by molar-refractivity contribution is 5.79. The fourth-order valence-corrected chi connectivity index (χ4v) is 1.93. The highest BCUT2D eigenvalue weighted by Gasteiger charge is 2.26. The maximum absolute atomic E-state index is 12.7. The van der Waals surface area contributed by atoms with E-state index in [-0.39, 0.29) is 17.8 Å². The Morgan fingerprint density at radius 2 is 2.06 bits per heavy atom. The molecule has 1 aromatic carbocycles. The lowest BCUT2D eigenvalue weighted by molar-refractivity contribution is -0.127. The zero-order valence-electron chi connectivity index (χ0n) is 9.03. The van der Waals surface area contributed by atoms with Gasteiger partial charge in [0.15, 0.2) is 0 Å². The number of carbonyl (C=O) groups is 1. The van der Waals surface area contributed by atoms with Crippen LogP contribution in [-0.2, 0) is 11.2 Å². The van der Waals surface area contributed by atoms with E-state index in [1.165, 1.54) is 12.1 Å². The molecule has 0 aliphatic carbocycles. The molecule has 4 heteroatoms. The van der Waals surface area contributed by atoms with E-state index >= 15 is 0 Å². The summed E-state index contributed by atoms with van der Waals surface area (Å²) in [5, 5.41) is 0. The third kappa shape index (κ3) is 2.58. The fraction of sp³-hybridized carbons (Fsp3) is 0.417. The standard InChI is InChI=1S/C12H15FN2O/c13-10-3-1-9(2-4-10)5-6-15-8-11(14)7-12(15)16/h1-4,11H,5-8,14H2/t11-/m0/s1. The van der Waals surface area contributed by atoms with Crippen molar-refractivity contribution in [1.29, 1.82) is 0 Å². The molecular weight excluding hydrogens is 207 g/mol. The summed E-state index contributed by atoms with van der Waals surface area (Å²) in [5.41, 5.74) is 6.73. The second kappa shape index (κ2) is 4.61. The average Bonchev–Trinajstić information content (AvgIpc) is 2.57. The molecule has 0 radical (unpaired) electrons. The van der Waals surface area contributed by atoms with Crippen LogP contribution in [0.4, 0.5) is 4.39 Å². The SMILES string of the molecule is N[C@H]1CC(=O)N(CCc2ccc(F)cc2)C1. The Morgan fingerprint density at radius 1 is 1.38 bits per heavy atom. The number of benzene rings is 1. The van der Waals surface area contributed by atoms with E-state index < -0.39 is 0 Å². The number of nitrogens with zero attached hydrogens (tertiary/aromatic N) is 1. The molecule has 2 rings (SSSR count). The molecule has 3 nitrogen and oxygen atoms in total. The summed E-state index contributed by atoms with van der Waals surface area (Å²) >= 11 is 0. The summed E-state index contributed by atoms with van der Waals surface area (Å²) in [6.07, 6.45) is 1.20. The molecule has 1 aliphatic rings. The first-order chi connectivity index (χ1) is 7.65. The van der Waals surface area contributed by atoms with Crippen LogP contribution in [-0.4, -0.2) is 29.9 Å². The van der Waals surface area contributed by atoms with Gasteiger partial charge in [0.25, 0.3) is 0 Å². The predicted molar refractivity (Wildman–Crippen MR) is 59.3 cm³/mol. The Kier molecular flexibility index (Phi) is 3.19. The fourth-order valence-electron chi connectivity index (χ4n) is 1.93. The third-order valence-corrected chi connectivity index (χ3v) is 2.83. The van der Waals surface area contributed by atoms with Gasteiger partial charge >= 0.3 is 0 Å². The highest BCUT2D eigenvalue weighted by atomic mass is 19.1. The number of hydrogen-bond donors (Lipinski definition) is 1. The molecule has 0 saturated carbocycles. The minimum atomic E-state index is -0.233. The zero-order chi connectivity index (χ0) is 11.5. The van der Waals surface area contributed by atoms with E-state index in [0.29, 0.717) is 19.5 Å². The lowest BCUT2D eigenvalue weighted by Crippen LogP contribution is -2.30. The Morgan fingerprint density at radius 3 is 2.62 bits per heavy atom. The van der Waals surface area contributed by atoms with Crippen LogP contribution in [0.3, 0.4) is 0 Å². The van der Waals surface area contributed by atoms with Crippen LogP contribution in [0.2, 0.25) is 0 Å². The van der Waals surface area contributed by atoms with E-state index in [0.717, 1.165) is 12.0 Å². The van der Waals surface area contributed by atoms with Gasteiger partial charge in [0.2, 0.25) is 5.91 Å². The number of rotatable bonds is 3. The summed E-state index contributed by atoms with van der Waals surface area (Å²) in [7, 11) is 0. The second-order valence-electron chi connectivity index (χ2n) is 4.18. The molecule has 0 aromatic heterocycles. The van der Waals surface area contributed by atoms with Crippen LogP contribution in [0.5, 0.6) is 0 Å². The van der Waals surface area contributed by atoms with Crippen molar-refractivity contribution >= 4 is 5.91 Å². The van der Waals surface area contributed by atoms with Crippen LogP contribution in [0, 0.1) is 5.82 Å². The first kappa shape index (κ1) is 11.1. The predicted octanol–water partition coefficient (Wildman–Crippen LogP) is 0.928. The number of likely N-dealkylation sites (tertiary alicyclic amines) is 1. The Balaban J connectivity index is 1.88. The van der Waals surface area contributed by atoms with Crippen molar-refractivity contribution in [2.75, 3.05) is 13.1 Å². The van der Waals surface area contributed by atoms with E-state index in [4.69, 9.17) is 5.73 Å². The highest BCUT2D eigenvalue weighted by Crippen LogP contribution is 2.11. The molecule has 16 heavy (non-hydrogen) atoms. The van der Waals surface area contributed by atoms with Gasteiger partial charge in [-0.2, -0.15) is 0 Å². The summed E-state index contributed by atoms with van der Waals surface area (Å²) < 4.78 is 12.7. The second-order valence-corrected chi connectivity index (χ2v) is 4.18. The van der Waals surface area contributed by atoms with Crippen molar-refractivity contribution in [2.24, 2.45) is 5.73 Å². The minimum absolute atomic E-state index is 0.0271. The number of carbonyl (C=O) groups excluding carboxylic acids is 1. The zero-order valence-corrected chi connectivity index (χ0v) is 9.03. The molecule has 1 heterocycles. The molecule has 1 aliphatic heterocycles. The van der Waals surface area contributed by atoms with Crippen molar-refractivity contribution in [2.45, 2.75) is 18.9 Å². The smallest absolute Gasteiger partial charge is 0.224 e. The first-order valence-electron chi connectivity index (χ1n) is 5.43. The van der Waals surface area contributed by atoms with Crippen LogP contribution in [0.15, 0.2) is 24.3 Å². The van der Waals surface area contributed by atoms with Crippen LogP contribution in [0.1, 0.15) is 12.0 Å². The molecule has 1 saturated heterocycles. The van der Waals surface area contributed by atoms with Crippen molar-refractivity contribution in [1.82, 2.24) is 4.90 Å². The first-order valence-corrected chi connectivity index (χ1v) is 5.43. The minimum Gasteiger partial charge on any atom is -0.341 e. The van der Waals surface area contributed by atoms with Gasteiger partial charge in [-0.1, -0.05) is 12.1 Å². The number of nitrogens with two attached hydrogens (primary N) is 1. The van der Waals surface area contributed by atoms with Gasteiger partial charge in [-0.25, -0.2) is 4.39 Å². The normalized spacial score (nSPS) is 20.5. The van der Waals surface area contributed by atoms with E-state index in [1.807, 2.05) is 0 Å². The maximum Gasteiger partial charge on any atom is 0.224 e. The van der Waals surface area contributed by atoms with Gasteiger partial charge in [0, 0.05) is 25.6 Å². The number of amides is 1. The summed E-state index contributed by atoms with van der Waals surface area (Å²) in [6, 6.07) is 6.34. The summed E-state index contributed by atoms with van der Waals surface area (Å²) in [5.74, 6) is -0.113. The van der Waals surface area contributed by atoms with Gasteiger partial charge in [0.1, 0.15) is 5.82 Å². The van der Waals surface area contributed by atoms with E-state index in [9.17, 15) is 9.18 Å². The Hall–Kier alpha value is -1.42. The van der Waals surface area contributed by atoms with Gasteiger partial charge in [-0.15, -0.1) is 0 Å². The number of halogens is 1. The van der Waals surface area contributed by atoms with Crippen molar-refractivity contribution in [3.05, 3.63) is 35.6 Å². The summed E-state index contributed by atoms with van der Waals surface area (Å²) in [4.78, 5) is 13.2. The molecule has 1 aromatic rings. The Bertz CT molecular complexity index is 377. The van der Waals surface area contributed by atoms with E-state index in [1.54, 1.807) is 17.0 Å². The van der Waals surface area contributed by atoms with Crippen LogP contribution < -0.4 is 5.73 Å². The maximum atomic E-state index is 12.7. The van der Waals surface area contributed by atoms with Crippen molar-refractivity contribution < 1.29 is 9.18 Å². The van der Waals surface area contributed by atoms with Crippen LogP contribution >= 0.6 is 0 Å². The quantitative estimate of drug-likeness (QED) is 0.827. The lowest BCUT2D eigenvalue weighted by atomic mass is 10.1. The Labute approximate surface area is 94.0 Å².